The van der Waals surface area contributed by atoms with Crippen LogP contribution in [0.2, 0.25) is 0 Å². The highest BCUT2D eigenvalue weighted by atomic mass is 19.1. The van der Waals surface area contributed by atoms with Crippen LogP contribution >= 0.6 is 0 Å². The van der Waals surface area contributed by atoms with E-state index in [4.69, 9.17) is 4.74 Å². The van der Waals surface area contributed by atoms with Crippen LogP contribution in [0.3, 0.4) is 0 Å². The zero-order valence-corrected chi connectivity index (χ0v) is 11.3. The van der Waals surface area contributed by atoms with Gasteiger partial charge in [0.25, 0.3) is 0 Å². The predicted molar refractivity (Wildman–Crippen MR) is 69.4 cm³/mol. The molecule has 1 aliphatic carbocycles. The molecule has 1 fully saturated rings. The molecule has 1 aromatic rings. The van der Waals surface area contributed by atoms with Crippen molar-refractivity contribution in [3.8, 4) is 0 Å². The number of ether oxygens (including phenoxy) is 2. The summed E-state index contributed by atoms with van der Waals surface area (Å²) in [7, 11) is 1.24. The number of halogens is 1. The van der Waals surface area contributed by atoms with E-state index in [0.29, 0.717) is 0 Å². The third-order valence-corrected chi connectivity index (χ3v) is 3.54. The third kappa shape index (κ3) is 3.35. The van der Waals surface area contributed by atoms with E-state index < -0.39 is 29.9 Å². The molecule has 0 N–H and O–H groups in total. The van der Waals surface area contributed by atoms with Crippen molar-refractivity contribution < 1.29 is 23.5 Å². The zero-order chi connectivity index (χ0) is 14.5. The first-order chi connectivity index (χ1) is 9.61. The molecule has 0 aromatic heterocycles. The van der Waals surface area contributed by atoms with Crippen LogP contribution in [0.25, 0.3) is 0 Å². The lowest BCUT2D eigenvalue weighted by atomic mass is 9.96. The molecule has 3 atom stereocenters. The van der Waals surface area contributed by atoms with Crippen molar-refractivity contribution in [2.45, 2.75) is 25.6 Å². The van der Waals surface area contributed by atoms with Gasteiger partial charge in [0.2, 0.25) is 0 Å². The molecule has 0 amide bonds. The monoisotopic (exact) mass is 280 g/mol. The molecule has 4 nitrogen and oxygen atoms in total. The summed E-state index contributed by atoms with van der Waals surface area (Å²) in [6.07, 6.45) is -1.11. The number of alkyl halides is 1. The fourth-order valence-corrected chi connectivity index (χ4v) is 2.48. The molecule has 0 heterocycles. The minimum Gasteiger partial charge on any atom is -0.469 e. The van der Waals surface area contributed by atoms with Crippen molar-refractivity contribution >= 4 is 11.9 Å². The van der Waals surface area contributed by atoms with Crippen molar-refractivity contribution in [1.82, 2.24) is 0 Å². The zero-order valence-electron chi connectivity index (χ0n) is 11.3. The molecule has 108 valence electrons. The average Bonchev–Trinajstić information content (AvgIpc) is 2.87. The van der Waals surface area contributed by atoms with Gasteiger partial charge in [-0.3, -0.25) is 9.59 Å². The van der Waals surface area contributed by atoms with Gasteiger partial charge in [-0.1, -0.05) is 30.3 Å². The molecular formula is C15H17FO4. The second kappa shape index (κ2) is 6.50. The van der Waals surface area contributed by atoms with Gasteiger partial charge in [-0.25, -0.2) is 4.39 Å². The van der Waals surface area contributed by atoms with E-state index in [1.807, 2.05) is 30.3 Å². The molecule has 0 saturated heterocycles. The average molecular weight is 280 g/mol. The van der Waals surface area contributed by atoms with Gasteiger partial charge in [0, 0.05) is 0 Å². The Morgan fingerprint density at radius 1 is 1.15 bits per heavy atom. The van der Waals surface area contributed by atoms with Crippen molar-refractivity contribution in [2.24, 2.45) is 11.8 Å². The van der Waals surface area contributed by atoms with Crippen LogP contribution in [0.4, 0.5) is 4.39 Å². The lowest BCUT2D eigenvalue weighted by molar-refractivity contribution is -0.158. The van der Waals surface area contributed by atoms with Crippen LogP contribution in [0.15, 0.2) is 30.3 Å². The van der Waals surface area contributed by atoms with E-state index in [1.165, 1.54) is 7.11 Å². The number of hydrogen-bond acceptors (Lipinski definition) is 4. The van der Waals surface area contributed by atoms with E-state index in [9.17, 15) is 14.0 Å². The van der Waals surface area contributed by atoms with Crippen molar-refractivity contribution in [1.29, 1.82) is 0 Å². The van der Waals surface area contributed by atoms with Gasteiger partial charge >= 0.3 is 11.9 Å². The SMILES string of the molecule is COC(=O)[C@H]1C[C@H](F)C[C@@H]1C(=O)OCc1ccccc1. The Kier molecular flexibility index (Phi) is 4.71. The highest BCUT2D eigenvalue weighted by molar-refractivity contribution is 5.82. The van der Waals surface area contributed by atoms with Gasteiger partial charge in [-0.2, -0.15) is 0 Å². The summed E-state index contributed by atoms with van der Waals surface area (Å²) in [5, 5.41) is 0. The summed E-state index contributed by atoms with van der Waals surface area (Å²) in [6.45, 7) is 0.126. The van der Waals surface area contributed by atoms with Crippen LogP contribution in [0, 0.1) is 11.8 Å². The lowest BCUT2D eigenvalue weighted by Gasteiger charge is -2.15. The highest BCUT2D eigenvalue weighted by Gasteiger charge is 2.44. The molecule has 0 spiro atoms. The van der Waals surface area contributed by atoms with E-state index in [0.717, 1.165) is 5.56 Å². The number of rotatable bonds is 4. The van der Waals surface area contributed by atoms with Gasteiger partial charge in [0.05, 0.1) is 18.9 Å². The maximum absolute atomic E-state index is 13.4. The highest BCUT2D eigenvalue weighted by Crippen LogP contribution is 2.35. The first-order valence-electron chi connectivity index (χ1n) is 6.54. The molecule has 1 aromatic carbocycles. The van der Waals surface area contributed by atoms with Gasteiger partial charge in [0.15, 0.2) is 0 Å². The van der Waals surface area contributed by atoms with Crippen molar-refractivity contribution in [3.05, 3.63) is 35.9 Å². The Bertz CT molecular complexity index is 474. The summed E-state index contributed by atoms with van der Waals surface area (Å²) in [4.78, 5) is 23.6. The standard InChI is InChI=1S/C15H17FO4/c1-19-14(17)12-7-11(16)8-13(12)15(18)20-9-10-5-3-2-4-6-10/h2-6,11-13H,7-9H2,1H3/t11-,12-,13-/m0/s1. The summed E-state index contributed by atoms with van der Waals surface area (Å²) < 4.78 is 23.2. The number of esters is 2. The lowest BCUT2D eigenvalue weighted by Crippen LogP contribution is -2.27. The van der Waals surface area contributed by atoms with Gasteiger partial charge < -0.3 is 9.47 Å². The summed E-state index contributed by atoms with van der Waals surface area (Å²) in [6, 6.07) is 9.21. The fraction of sp³-hybridized carbons (Fsp3) is 0.467. The minimum atomic E-state index is -1.16. The Morgan fingerprint density at radius 3 is 2.35 bits per heavy atom. The second-order valence-corrected chi connectivity index (χ2v) is 4.90. The van der Waals surface area contributed by atoms with Crippen LogP contribution in [-0.4, -0.2) is 25.2 Å². The van der Waals surface area contributed by atoms with Crippen LogP contribution in [0.1, 0.15) is 18.4 Å². The van der Waals surface area contributed by atoms with Gasteiger partial charge in [0.1, 0.15) is 12.8 Å². The number of carbonyl (C=O) groups excluding carboxylic acids is 2. The Hall–Kier alpha value is -1.91. The molecule has 1 saturated carbocycles. The topological polar surface area (TPSA) is 52.6 Å². The van der Waals surface area contributed by atoms with Crippen LogP contribution in [-0.2, 0) is 25.7 Å². The quantitative estimate of drug-likeness (QED) is 0.794. The Morgan fingerprint density at radius 2 is 1.75 bits per heavy atom. The number of hydrogen-bond donors (Lipinski definition) is 0. The van der Waals surface area contributed by atoms with Crippen LogP contribution < -0.4 is 0 Å². The summed E-state index contributed by atoms with van der Waals surface area (Å²) in [5.41, 5.74) is 0.852. The maximum Gasteiger partial charge on any atom is 0.310 e. The van der Waals surface area contributed by atoms with Crippen molar-refractivity contribution in [3.63, 3.8) is 0 Å². The number of methoxy groups -OCH3 is 1. The molecule has 0 radical (unpaired) electrons. The van der Waals surface area contributed by atoms with Gasteiger partial charge in [-0.15, -0.1) is 0 Å². The summed E-state index contributed by atoms with van der Waals surface area (Å²) in [5.74, 6) is -2.57. The van der Waals surface area contributed by atoms with Crippen molar-refractivity contribution in [2.75, 3.05) is 7.11 Å². The number of benzene rings is 1. The Balaban J connectivity index is 1.95. The molecule has 2 rings (SSSR count). The minimum absolute atomic E-state index is 0.0212. The molecule has 20 heavy (non-hydrogen) atoms. The summed E-state index contributed by atoms with van der Waals surface area (Å²) >= 11 is 0. The van der Waals surface area contributed by atoms with Gasteiger partial charge in [-0.05, 0) is 18.4 Å². The first-order valence-corrected chi connectivity index (χ1v) is 6.54. The van der Waals surface area contributed by atoms with E-state index in [-0.39, 0.29) is 19.4 Å². The molecule has 0 aliphatic heterocycles. The van der Waals surface area contributed by atoms with E-state index >= 15 is 0 Å². The second-order valence-electron chi connectivity index (χ2n) is 4.90. The molecule has 0 unspecified atom stereocenters. The van der Waals surface area contributed by atoms with E-state index in [1.54, 1.807) is 0 Å². The molecule has 1 aliphatic rings. The predicted octanol–water partition coefficient (Wildman–Crippen LogP) is 2.27. The van der Waals surface area contributed by atoms with E-state index in [2.05, 4.69) is 4.74 Å². The number of carbonyl (C=O) groups is 2. The maximum atomic E-state index is 13.4. The first kappa shape index (κ1) is 14.5. The Labute approximate surface area is 116 Å². The smallest absolute Gasteiger partial charge is 0.310 e. The van der Waals surface area contributed by atoms with Crippen LogP contribution in [0.5, 0.6) is 0 Å². The molecule has 5 heteroatoms. The normalized spacial score (nSPS) is 25.2. The molecular weight excluding hydrogens is 263 g/mol. The largest absolute Gasteiger partial charge is 0.469 e. The fourth-order valence-electron chi connectivity index (χ4n) is 2.48. The third-order valence-electron chi connectivity index (χ3n) is 3.54. The molecule has 0 bridgehead atoms.